The van der Waals surface area contributed by atoms with E-state index in [1.807, 2.05) is 45.0 Å². The van der Waals surface area contributed by atoms with Crippen LogP contribution in [0, 0.1) is 6.92 Å². The fourth-order valence-electron chi connectivity index (χ4n) is 3.14. The number of benzene rings is 2. The first-order chi connectivity index (χ1) is 13.3. The molecule has 4 nitrogen and oxygen atoms in total. The highest BCUT2D eigenvalue weighted by atomic mass is 35.5. The van der Waals surface area contributed by atoms with E-state index in [-0.39, 0.29) is 18.2 Å². The average Bonchev–Trinajstić information content (AvgIpc) is 2.65. The van der Waals surface area contributed by atoms with Crippen molar-refractivity contribution in [3.05, 3.63) is 69.2 Å². The minimum atomic E-state index is -0.532. The Morgan fingerprint density at radius 1 is 1.04 bits per heavy atom. The van der Waals surface area contributed by atoms with Crippen molar-refractivity contribution in [2.45, 2.75) is 46.2 Å². The largest absolute Gasteiger partial charge is 0.355 e. The Morgan fingerprint density at radius 2 is 1.79 bits per heavy atom. The van der Waals surface area contributed by atoms with E-state index < -0.39 is 6.04 Å². The molecule has 0 heterocycles. The van der Waals surface area contributed by atoms with Gasteiger partial charge in [-0.3, -0.25) is 9.59 Å². The molecule has 0 aliphatic carbocycles. The van der Waals surface area contributed by atoms with Gasteiger partial charge in [0.25, 0.3) is 0 Å². The van der Waals surface area contributed by atoms with Crippen LogP contribution in [0.5, 0.6) is 0 Å². The van der Waals surface area contributed by atoms with Gasteiger partial charge in [0.1, 0.15) is 6.04 Å². The number of halogens is 2. The number of nitrogens with one attached hydrogen (secondary N) is 1. The van der Waals surface area contributed by atoms with Crippen molar-refractivity contribution in [2.24, 2.45) is 0 Å². The van der Waals surface area contributed by atoms with Gasteiger partial charge in [0.05, 0.1) is 16.5 Å². The van der Waals surface area contributed by atoms with Crippen molar-refractivity contribution in [1.29, 1.82) is 0 Å². The normalized spacial score (nSPS) is 11.8. The van der Waals surface area contributed by atoms with Crippen LogP contribution in [0.2, 0.25) is 10.0 Å². The van der Waals surface area contributed by atoms with Crippen LogP contribution in [0.15, 0.2) is 42.5 Å². The van der Waals surface area contributed by atoms with Gasteiger partial charge in [-0.05, 0) is 43.5 Å². The zero-order valence-corrected chi connectivity index (χ0v) is 18.0. The summed E-state index contributed by atoms with van der Waals surface area (Å²) in [4.78, 5) is 27.4. The zero-order chi connectivity index (χ0) is 20.7. The molecule has 1 unspecified atom stereocenters. The monoisotopic (exact) mass is 420 g/mol. The molecule has 0 aromatic heterocycles. The molecule has 28 heavy (non-hydrogen) atoms. The number of amides is 2. The molecule has 0 fully saturated rings. The van der Waals surface area contributed by atoms with E-state index in [2.05, 4.69) is 5.32 Å². The van der Waals surface area contributed by atoms with Crippen molar-refractivity contribution in [2.75, 3.05) is 6.54 Å². The van der Waals surface area contributed by atoms with E-state index in [1.165, 1.54) is 0 Å². The Kier molecular flexibility index (Phi) is 8.34. The molecule has 0 saturated heterocycles. The van der Waals surface area contributed by atoms with Crippen molar-refractivity contribution in [1.82, 2.24) is 10.2 Å². The number of nitrogens with zero attached hydrogens (tertiary/aromatic N) is 1. The predicted molar refractivity (Wildman–Crippen MR) is 115 cm³/mol. The molecule has 2 aromatic carbocycles. The Bertz CT molecular complexity index is 839. The maximum absolute atomic E-state index is 13.2. The lowest BCUT2D eigenvalue weighted by Gasteiger charge is -2.30. The number of likely N-dealkylation sites (N-methyl/N-ethyl adjacent to an activating group) is 1. The van der Waals surface area contributed by atoms with Gasteiger partial charge < -0.3 is 10.2 Å². The quantitative estimate of drug-likeness (QED) is 0.667. The first-order valence-electron chi connectivity index (χ1n) is 9.42. The fraction of sp³-hybridized carbons (Fsp3) is 0.364. The van der Waals surface area contributed by atoms with Gasteiger partial charge in [-0.2, -0.15) is 0 Å². The second-order valence-electron chi connectivity index (χ2n) is 6.75. The Labute approximate surface area is 176 Å². The first-order valence-corrected chi connectivity index (χ1v) is 10.2. The number of aryl methyl sites for hydroxylation is 1. The third-order valence-corrected chi connectivity index (χ3v) is 5.25. The summed E-state index contributed by atoms with van der Waals surface area (Å²) in [5.41, 5.74) is 2.87. The lowest BCUT2D eigenvalue weighted by atomic mass is 10.1. The minimum Gasteiger partial charge on any atom is -0.355 e. The summed E-state index contributed by atoms with van der Waals surface area (Å²) >= 11 is 12.1. The summed E-state index contributed by atoms with van der Waals surface area (Å²) in [5, 5.41) is 3.70. The molecule has 0 bridgehead atoms. The second-order valence-corrected chi connectivity index (χ2v) is 7.57. The average molecular weight is 421 g/mol. The van der Waals surface area contributed by atoms with Crippen LogP contribution >= 0.6 is 23.2 Å². The van der Waals surface area contributed by atoms with E-state index in [9.17, 15) is 9.59 Å². The topological polar surface area (TPSA) is 49.4 Å². The molecule has 0 saturated carbocycles. The van der Waals surface area contributed by atoms with Gasteiger partial charge in [0, 0.05) is 13.1 Å². The lowest BCUT2D eigenvalue weighted by molar-refractivity contribution is -0.140. The van der Waals surface area contributed by atoms with Crippen molar-refractivity contribution in [3.8, 4) is 0 Å². The summed E-state index contributed by atoms with van der Waals surface area (Å²) in [6.07, 6.45) is 0.684. The van der Waals surface area contributed by atoms with Gasteiger partial charge in [0.2, 0.25) is 11.8 Å². The van der Waals surface area contributed by atoms with Gasteiger partial charge in [-0.25, -0.2) is 0 Å². The van der Waals surface area contributed by atoms with E-state index in [4.69, 9.17) is 23.2 Å². The molecule has 150 valence electrons. The SMILES string of the molecule is CCNC(=O)C(CC)N(Cc1cccc(C)c1)C(=O)Cc1ccc(Cl)c(Cl)c1. The summed E-state index contributed by atoms with van der Waals surface area (Å²) in [7, 11) is 0. The highest BCUT2D eigenvalue weighted by Crippen LogP contribution is 2.23. The highest BCUT2D eigenvalue weighted by Gasteiger charge is 2.28. The Hall–Kier alpha value is -2.04. The van der Waals surface area contributed by atoms with Gasteiger partial charge in [0.15, 0.2) is 0 Å². The molecular formula is C22H26Cl2N2O2. The summed E-state index contributed by atoms with van der Waals surface area (Å²) in [6.45, 7) is 6.68. The highest BCUT2D eigenvalue weighted by molar-refractivity contribution is 6.42. The van der Waals surface area contributed by atoms with Crippen LogP contribution in [0.25, 0.3) is 0 Å². The number of hydrogen-bond donors (Lipinski definition) is 1. The predicted octanol–water partition coefficient (Wildman–Crippen LogP) is 4.79. The summed E-state index contributed by atoms with van der Waals surface area (Å²) in [6, 6.07) is 12.6. The van der Waals surface area contributed by atoms with Crippen LogP contribution in [0.1, 0.15) is 37.0 Å². The molecule has 0 spiro atoms. The van der Waals surface area contributed by atoms with Crippen molar-refractivity contribution in [3.63, 3.8) is 0 Å². The molecule has 2 rings (SSSR count). The molecule has 1 N–H and O–H groups in total. The Morgan fingerprint density at radius 3 is 2.39 bits per heavy atom. The molecule has 0 aliphatic heterocycles. The standard InChI is InChI=1S/C22H26Cl2N2O2/c1-4-20(22(28)25-5-2)26(14-17-8-6-7-15(3)11-17)21(27)13-16-9-10-18(23)19(24)12-16/h6-12,20H,4-5,13-14H2,1-3H3,(H,25,28). The lowest BCUT2D eigenvalue weighted by Crippen LogP contribution is -2.49. The zero-order valence-electron chi connectivity index (χ0n) is 16.5. The molecular weight excluding hydrogens is 395 g/mol. The molecule has 6 heteroatoms. The number of rotatable bonds is 8. The van der Waals surface area contributed by atoms with Gasteiger partial charge in [-0.15, -0.1) is 0 Å². The number of carbonyl (C=O) groups excluding carboxylic acids is 2. The third kappa shape index (κ3) is 5.98. The van der Waals surface area contributed by atoms with E-state index >= 15 is 0 Å². The van der Waals surface area contributed by atoms with E-state index in [0.717, 1.165) is 16.7 Å². The molecule has 2 amide bonds. The number of hydrogen-bond acceptors (Lipinski definition) is 2. The fourth-order valence-corrected chi connectivity index (χ4v) is 3.47. The molecule has 1 atom stereocenters. The minimum absolute atomic E-state index is 0.127. The van der Waals surface area contributed by atoms with Crippen LogP contribution in [0.3, 0.4) is 0 Å². The van der Waals surface area contributed by atoms with Crippen LogP contribution in [-0.4, -0.2) is 29.3 Å². The van der Waals surface area contributed by atoms with Crippen LogP contribution < -0.4 is 5.32 Å². The maximum Gasteiger partial charge on any atom is 0.242 e. The maximum atomic E-state index is 13.2. The van der Waals surface area contributed by atoms with Gasteiger partial charge in [-0.1, -0.05) is 66.0 Å². The number of carbonyl (C=O) groups is 2. The van der Waals surface area contributed by atoms with Crippen LogP contribution in [-0.2, 0) is 22.6 Å². The van der Waals surface area contributed by atoms with E-state index in [0.29, 0.717) is 29.6 Å². The van der Waals surface area contributed by atoms with E-state index in [1.54, 1.807) is 23.1 Å². The molecule has 0 aliphatic rings. The van der Waals surface area contributed by atoms with Crippen molar-refractivity contribution >= 4 is 35.0 Å². The second kappa shape index (κ2) is 10.5. The third-order valence-electron chi connectivity index (χ3n) is 4.51. The molecule has 2 aromatic rings. The van der Waals surface area contributed by atoms with Gasteiger partial charge >= 0.3 is 0 Å². The summed E-state index contributed by atoms with van der Waals surface area (Å²) < 4.78 is 0. The summed E-state index contributed by atoms with van der Waals surface area (Å²) in [5.74, 6) is -0.266. The van der Waals surface area contributed by atoms with Crippen molar-refractivity contribution < 1.29 is 9.59 Å². The first kappa shape index (κ1) is 22.3. The Balaban J connectivity index is 2.30. The van der Waals surface area contributed by atoms with Crippen LogP contribution in [0.4, 0.5) is 0 Å². The molecule has 0 radical (unpaired) electrons. The smallest absolute Gasteiger partial charge is 0.242 e.